The van der Waals surface area contributed by atoms with Gasteiger partial charge in [-0.2, -0.15) is 4.98 Å². The molecule has 4 atom stereocenters. The van der Waals surface area contributed by atoms with Gasteiger partial charge in [0.05, 0.1) is 74.5 Å². The fourth-order valence-electron chi connectivity index (χ4n) is 13.6. The number of carbonyl (C=O) groups is 3. The minimum absolute atomic E-state index is 0.00326. The van der Waals surface area contributed by atoms with Crippen molar-refractivity contribution >= 4 is 51.6 Å². The first-order valence-corrected chi connectivity index (χ1v) is 28.7. The number of β-amino-alcohol motifs (C(OH)–C–C–N with tert-alkyl or cyclic N) is 1. The molecule has 2 N–H and O–H groups in total. The number of methoxy groups -OCH3 is 1. The quantitative estimate of drug-likeness (QED) is 0.112. The molecule has 4 fully saturated rings. The summed E-state index contributed by atoms with van der Waals surface area (Å²) in [5.41, 5.74) is 8.90. The summed E-state index contributed by atoms with van der Waals surface area (Å²) in [5.74, 6) is 0.905. The second kappa shape index (κ2) is 21.2. The van der Waals surface area contributed by atoms with E-state index in [2.05, 4.69) is 48.3 Å². The molecule has 76 heavy (non-hydrogen) atoms. The van der Waals surface area contributed by atoms with Crippen LogP contribution in [0.3, 0.4) is 0 Å². The van der Waals surface area contributed by atoms with E-state index in [9.17, 15) is 24.3 Å². The highest BCUT2D eigenvalue weighted by molar-refractivity contribution is 7.13. The number of ether oxygens (including phenoxy) is 1. The van der Waals surface area contributed by atoms with E-state index in [4.69, 9.17) is 21.3 Å². The molecule has 6 aromatic rings. The van der Waals surface area contributed by atoms with Gasteiger partial charge in [0, 0.05) is 31.6 Å². The fourth-order valence-corrected chi connectivity index (χ4v) is 14.6. The van der Waals surface area contributed by atoms with Crippen LogP contribution in [-0.2, 0) is 24.5 Å². The third-order valence-corrected chi connectivity index (χ3v) is 18.9. The van der Waals surface area contributed by atoms with Crippen LogP contribution in [0.5, 0.6) is 0 Å². The lowest BCUT2D eigenvalue weighted by molar-refractivity contribution is -0.145. The van der Waals surface area contributed by atoms with Crippen molar-refractivity contribution in [1.29, 1.82) is 0 Å². The summed E-state index contributed by atoms with van der Waals surface area (Å²) >= 11 is 8.20. The number of nitrogens with zero attached hydrogens (tertiary/aromatic N) is 8. The zero-order valence-electron chi connectivity index (χ0n) is 44.3. The Morgan fingerprint density at radius 1 is 0.961 bits per heavy atom. The molecule has 3 aromatic heterocycles. The molecule has 400 valence electrons. The average molecular weight is 1070 g/mol. The molecular formula is C59H70ClN9O6S. The molecular weight excluding hydrogens is 998 g/mol. The summed E-state index contributed by atoms with van der Waals surface area (Å²) in [5, 5.41) is 24.2. The Morgan fingerprint density at radius 2 is 1.71 bits per heavy atom. The second-order valence-electron chi connectivity index (χ2n) is 23.4. The number of carbonyl (C=O) groups excluding carboxylic acids is 3. The first kappa shape index (κ1) is 52.3. The number of esters is 1. The summed E-state index contributed by atoms with van der Waals surface area (Å²) < 4.78 is 8.95. The van der Waals surface area contributed by atoms with Crippen molar-refractivity contribution in [1.82, 2.24) is 44.6 Å². The largest absolute Gasteiger partial charge is 0.469 e. The van der Waals surface area contributed by atoms with Crippen LogP contribution in [0.2, 0.25) is 5.02 Å². The number of fused-ring (bicyclic) bond motifs is 7. The number of aryl methyl sites for hydroxylation is 1. The lowest BCUT2D eigenvalue weighted by atomic mass is 9.69. The van der Waals surface area contributed by atoms with Crippen molar-refractivity contribution in [2.24, 2.45) is 11.3 Å². The van der Waals surface area contributed by atoms with Gasteiger partial charge in [0.15, 0.2) is 0 Å². The number of nitrogens with one attached hydrogen (secondary N) is 1. The van der Waals surface area contributed by atoms with Gasteiger partial charge >= 0.3 is 5.97 Å². The Labute approximate surface area is 453 Å². The molecule has 2 amide bonds. The molecule has 0 bridgehead atoms. The second-order valence-corrected chi connectivity index (χ2v) is 24.7. The van der Waals surface area contributed by atoms with Crippen LogP contribution >= 0.6 is 22.9 Å². The normalized spacial score (nSPS) is 22.6. The maximum Gasteiger partial charge on any atom is 0.307 e. The number of hydrogen-bond acceptors (Lipinski definition) is 12. The minimum atomic E-state index is -0.963. The predicted octanol–water partition coefficient (Wildman–Crippen LogP) is 9.75. The van der Waals surface area contributed by atoms with Gasteiger partial charge in [-0.15, -0.1) is 16.4 Å². The number of amides is 2. The number of aliphatic hydroxyl groups is 1. The van der Waals surface area contributed by atoms with Gasteiger partial charge in [0.25, 0.3) is 5.56 Å². The summed E-state index contributed by atoms with van der Waals surface area (Å²) in [6.45, 7) is 11.1. The maximum atomic E-state index is 14.8. The molecule has 2 aliphatic carbocycles. The van der Waals surface area contributed by atoms with E-state index in [0.29, 0.717) is 27.8 Å². The van der Waals surface area contributed by atoms with Crippen LogP contribution in [0.4, 0.5) is 0 Å². The number of aromatic nitrogens is 6. The highest BCUT2D eigenvalue weighted by Gasteiger charge is 2.48. The number of hydrogen-bond donors (Lipinski definition) is 2. The van der Waals surface area contributed by atoms with Crippen LogP contribution in [0.25, 0.3) is 27.0 Å². The van der Waals surface area contributed by atoms with Crippen LogP contribution < -0.4 is 10.9 Å². The Hall–Kier alpha value is -5.81. The third-order valence-electron chi connectivity index (χ3n) is 17.6. The van der Waals surface area contributed by atoms with E-state index in [-0.39, 0.29) is 42.2 Å². The molecule has 0 unspecified atom stereocenters. The monoisotopic (exact) mass is 1070 g/mol. The van der Waals surface area contributed by atoms with E-state index in [0.717, 1.165) is 117 Å². The smallest absolute Gasteiger partial charge is 0.307 e. The standard InChI is InChI=1S/C59H70ClN9O6S/c1-35-52(76-34-61-35)40-18-16-38(17-19-40)45(30-50(71)75-5)62-54(72)49-29-42(70)32-67(49)56(74)53(58(2,3)4)68-33-46(64-65-68)39-14-12-36(13-15-39)31-66-26-22-37(23-27-66)41-20-21-43-48(28-41)69-47-11-9-10-44(60)51(47)55(73)63-57(69)59(43)24-7-6-8-25-59/h9-11,16-21,28,33-34,36-37,39,42,45,49,53,70H,6-8,12-15,22-27,29-32H2,1-5H3,(H,62,72)/t36?,39?,42-,45+,49+,53-/m1/s1. The van der Waals surface area contributed by atoms with E-state index >= 15 is 0 Å². The molecule has 11 rings (SSSR count). The summed E-state index contributed by atoms with van der Waals surface area (Å²) in [4.78, 5) is 69.5. The molecule has 0 radical (unpaired) electrons. The summed E-state index contributed by atoms with van der Waals surface area (Å²) in [6, 6.07) is 18.0. The first-order valence-electron chi connectivity index (χ1n) is 27.5. The molecule has 3 aromatic carbocycles. The molecule has 17 heteroatoms. The zero-order chi connectivity index (χ0) is 53.0. The van der Waals surface area contributed by atoms with Crippen molar-refractivity contribution in [3.8, 4) is 16.1 Å². The van der Waals surface area contributed by atoms with Gasteiger partial charge in [-0.25, -0.2) is 9.67 Å². The highest BCUT2D eigenvalue weighted by Crippen LogP contribution is 2.52. The van der Waals surface area contributed by atoms with Gasteiger partial charge in [-0.1, -0.05) is 99.3 Å². The molecule has 3 aliphatic heterocycles. The van der Waals surface area contributed by atoms with E-state index in [1.54, 1.807) is 27.6 Å². The zero-order valence-corrected chi connectivity index (χ0v) is 45.9. The minimum Gasteiger partial charge on any atom is -0.469 e. The molecule has 15 nitrogen and oxygen atoms in total. The number of piperidine rings is 1. The number of thiazole rings is 1. The third kappa shape index (κ3) is 9.92. The van der Waals surface area contributed by atoms with Crippen molar-refractivity contribution < 1.29 is 24.2 Å². The van der Waals surface area contributed by atoms with Gasteiger partial charge in [0.2, 0.25) is 11.8 Å². The number of aliphatic hydroxyl groups excluding tert-OH is 1. The maximum absolute atomic E-state index is 14.8. The number of rotatable bonds is 12. The van der Waals surface area contributed by atoms with Crippen molar-refractivity contribution in [2.45, 2.75) is 153 Å². The van der Waals surface area contributed by atoms with Crippen LogP contribution in [0, 0.1) is 18.3 Å². The average Bonchev–Trinajstić information content (AvgIpc) is 4.38. The van der Waals surface area contributed by atoms with Crippen LogP contribution in [-0.4, -0.2) is 108 Å². The number of halogens is 1. The topological polar surface area (TPSA) is 178 Å². The number of benzene rings is 3. The summed E-state index contributed by atoms with van der Waals surface area (Å²) in [6.07, 6.45) is 12.8. The molecule has 2 saturated carbocycles. The SMILES string of the molecule is COC(=O)C[C@H](NC(=O)[C@@H]1C[C@@H](O)CN1C(=O)[C@@H](n1cc(C2CCC(CN3CCC(c4ccc5c(c4)-n4c(nc(=O)c6c(Cl)cccc64)C54CCCCC4)CC3)CC2)nn1)C(C)(C)C)c1ccc(-c2scnc2C)cc1. The van der Waals surface area contributed by atoms with E-state index in [1.807, 2.05) is 70.3 Å². The van der Waals surface area contributed by atoms with Gasteiger partial charge in [-0.3, -0.25) is 23.7 Å². The first-order chi connectivity index (χ1) is 36.6. The van der Waals surface area contributed by atoms with Gasteiger partial charge in [0.1, 0.15) is 17.9 Å². The lowest BCUT2D eigenvalue weighted by Gasteiger charge is -2.37. The fraction of sp³-hybridized carbons (Fsp3) is 0.525. The Kier molecular flexibility index (Phi) is 14.6. The molecule has 2 saturated heterocycles. The van der Waals surface area contributed by atoms with Crippen molar-refractivity contribution in [2.75, 3.05) is 33.3 Å². The van der Waals surface area contributed by atoms with Crippen LogP contribution in [0.15, 0.2) is 77.2 Å². The van der Waals surface area contributed by atoms with E-state index < -0.39 is 41.5 Å². The highest BCUT2D eigenvalue weighted by atomic mass is 35.5. The van der Waals surface area contributed by atoms with Crippen LogP contribution in [0.1, 0.15) is 162 Å². The number of likely N-dealkylation sites (tertiary alicyclic amines) is 2. The predicted molar refractivity (Wildman–Crippen MR) is 294 cm³/mol. The molecule has 5 aliphatic rings. The molecule has 6 heterocycles. The van der Waals surface area contributed by atoms with Gasteiger partial charge in [-0.05, 0) is 129 Å². The van der Waals surface area contributed by atoms with Crippen molar-refractivity contribution in [3.63, 3.8) is 0 Å². The molecule has 1 spiro atoms. The lowest BCUT2D eigenvalue weighted by Crippen LogP contribution is -2.51. The Morgan fingerprint density at radius 3 is 2.41 bits per heavy atom. The Balaban J connectivity index is 0.715. The summed E-state index contributed by atoms with van der Waals surface area (Å²) in [7, 11) is 1.31. The van der Waals surface area contributed by atoms with Gasteiger partial charge < -0.3 is 25.0 Å². The Bertz CT molecular complexity index is 3200. The van der Waals surface area contributed by atoms with Crippen molar-refractivity contribution in [3.05, 3.63) is 122 Å². The van der Waals surface area contributed by atoms with E-state index in [1.165, 1.54) is 35.2 Å².